The molecule has 148 valence electrons. The normalized spacial score (nSPS) is 23.7. The number of hydrogen-bond donors (Lipinski definition) is 1. The van der Waals surface area contributed by atoms with Gasteiger partial charge in [-0.05, 0) is 60.1 Å². The van der Waals surface area contributed by atoms with E-state index in [9.17, 15) is 15.2 Å². The van der Waals surface area contributed by atoms with Crippen LogP contribution in [0.4, 0.5) is 0 Å². The highest BCUT2D eigenvalue weighted by Crippen LogP contribution is 2.44. The average molecular weight is 387 g/mol. The molecule has 4 rings (SSSR count). The highest BCUT2D eigenvalue weighted by molar-refractivity contribution is 5.82. The number of carbonyl (C=O) groups is 1. The molecule has 2 aliphatic rings. The van der Waals surface area contributed by atoms with Gasteiger partial charge in [-0.2, -0.15) is 5.26 Å². The lowest BCUT2D eigenvalue weighted by Crippen LogP contribution is -2.65. The molecule has 1 saturated heterocycles. The van der Waals surface area contributed by atoms with Crippen LogP contribution in [0.3, 0.4) is 0 Å². The Kier molecular flexibility index (Phi) is 5.73. The smallest absolute Gasteiger partial charge is 0.228 e. The molecule has 29 heavy (non-hydrogen) atoms. The first-order chi connectivity index (χ1) is 14.2. The molecule has 1 aliphatic carbocycles. The predicted molar refractivity (Wildman–Crippen MR) is 111 cm³/mol. The molecule has 0 unspecified atom stereocenters. The van der Waals surface area contributed by atoms with Gasteiger partial charge in [0.1, 0.15) is 6.04 Å². The van der Waals surface area contributed by atoms with Crippen molar-refractivity contribution in [3.63, 3.8) is 0 Å². The molecule has 5 nitrogen and oxygen atoms in total. The molecule has 1 aromatic carbocycles. The predicted octanol–water partition coefficient (Wildman–Crippen LogP) is 3.46. The number of likely N-dealkylation sites (tertiary alicyclic amines) is 1. The molecule has 0 bridgehead atoms. The Labute approximate surface area is 171 Å². The van der Waals surface area contributed by atoms with Gasteiger partial charge < -0.3 is 10.0 Å². The molecule has 0 saturated carbocycles. The van der Waals surface area contributed by atoms with Gasteiger partial charge >= 0.3 is 0 Å². The Hall–Kier alpha value is -2.97. The zero-order valence-corrected chi connectivity index (χ0v) is 16.4. The van der Waals surface area contributed by atoms with Crippen molar-refractivity contribution in [3.05, 3.63) is 71.6 Å². The lowest BCUT2D eigenvalue weighted by molar-refractivity contribution is -0.146. The van der Waals surface area contributed by atoms with Crippen LogP contribution in [-0.2, 0) is 11.2 Å². The third kappa shape index (κ3) is 3.68. The van der Waals surface area contributed by atoms with Crippen molar-refractivity contribution >= 4 is 11.5 Å². The molecule has 5 heteroatoms. The number of nitrogens with zero attached hydrogens (tertiary/aromatic N) is 3. The maximum atomic E-state index is 12.9. The number of allylic oxidation sites excluding steroid dienone is 2. The van der Waals surface area contributed by atoms with E-state index in [2.05, 4.69) is 23.2 Å². The number of amides is 1. The number of rotatable bonds is 5. The van der Waals surface area contributed by atoms with Crippen LogP contribution in [0.25, 0.3) is 5.57 Å². The fraction of sp³-hybridized carbons (Fsp3) is 0.375. The van der Waals surface area contributed by atoms with Gasteiger partial charge in [-0.25, -0.2) is 0 Å². The van der Waals surface area contributed by atoms with Crippen molar-refractivity contribution in [3.8, 4) is 6.07 Å². The van der Waals surface area contributed by atoms with E-state index in [4.69, 9.17) is 0 Å². The lowest BCUT2D eigenvalue weighted by atomic mass is 9.72. The van der Waals surface area contributed by atoms with E-state index in [0.717, 1.165) is 29.5 Å². The minimum atomic E-state index is -0.563. The Morgan fingerprint density at radius 2 is 2.00 bits per heavy atom. The summed E-state index contributed by atoms with van der Waals surface area (Å²) in [5.41, 5.74) is 4.41. The molecule has 1 N–H and O–H groups in total. The number of hydrogen-bond acceptors (Lipinski definition) is 4. The summed E-state index contributed by atoms with van der Waals surface area (Å²) in [5, 5.41) is 20.0. The van der Waals surface area contributed by atoms with Gasteiger partial charge in [-0.1, -0.05) is 30.3 Å². The molecule has 0 spiro atoms. The lowest BCUT2D eigenvalue weighted by Gasteiger charge is -2.52. The first-order valence-corrected chi connectivity index (χ1v) is 10.2. The van der Waals surface area contributed by atoms with Gasteiger partial charge in [-0.15, -0.1) is 0 Å². The second-order valence-corrected chi connectivity index (χ2v) is 7.75. The number of benzene rings is 1. The Balaban J connectivity index is 1.62. The van der Waals surface area contributed by atoms with Crippen molar-refractivity contribution in [1.82, 2.24) is 9.88 Å². The largest absolute Gasteiger partial charge is 0.394 e. The van der Waals surface area contributed by atoms with Crippen LogP contribution in [-0.4, -0.2) is 39.6 Å². The Morgan fingerprint density at radius 3 is 2.69 bits per heavy atom. The maximum absolute atomic E-state index is 12.9. The Bertz CT molecular complexity index is 948. The fourth-order valence-corrected chi connectivity index (χ4v) is 4.65. The summed E-state index contributed by atoms with van der Waals surface area (Å²) in [6, 6.07) is 13.1. The van der Waals surface area contributed by atoms with E-state index in [1.165, 1.54) is 18.4 Å². The maximum Gasteiger partial charge on any atom is 0.228 e. The molecule has 1 amide bonds. The van der Waals surface area contributed by atoms with Crippen LogP contribution in [0.15, 0.2) is 54.9 Å². The van der Waals surface area contributed by atoms with Crippen LogP contribution in [0.2, 0.25) is 0 Å². The summed E-state index contributed by atoms with van der Waals surface area (Å²) in [7, 11) is 0. The number of aromatic nitrogens is 1. The topological polar surface area (TPSA) is 77.2 Å². The van der Waals surface area contributed by atoms with Crippen molar-refractivity contribution in [2.45, 2.75) is 50.1 Å². The average Bonchev–Trinajstić information content (AvgIpc) is 2.75. The summed E-state index contributed by atoms with van der Waals surface area (Å²) < 4.78 is 0. The Morgan fingerprint density at radius 1 is 1.21 bits per heavy atom. The molecule has 1 aromatic heterocycles. The van der Waals surface area contributed by atoms with E-state index in [-0.39, 0.29) is 30.9 Å². The SMILES string of the molecule is N#C[C@@H]1[C@@H](c2ccccc2C2=CCCCC2)[C@@H](CO)N1C(=O)Cc1ccncc1. The van der Waals surface area contributed by atoms with Gasteiger partial charge in [0, 0.05) is 18.3 Å². The second kappa shape index (κ2) is 8.59. The summed E-state index contributed by atoms with van der Waals surface area (Å²) >= 11 is 0. The minimum Gasteiger partial charge on any atom is -0.394 e. The molecule has 3 atom stereocenters. The standard InChI is InChI=1S/C24H25N3O2/c25-15-21-24(20-9-5-4-8-19(20)18-6-2-1-3-7-18)22(16-28)27(21)23(29)14-17-10-12-26-13-11-17/h4-6,8-13,21-22,24,28H,1-3,7,14,16H2/t21-,22-,24-/m1/s1. The van der Waals surface area contributed by atoms with E-state index in [1.54, 1.807) is 29.4 Å². The molecule has 2 heterocycles. The monoisotopic (exact) mass is 387 g/mol. The van der Waals surface area contributed by atoms with Crippen LogP contribution >= 0.6 is 0 Å². The van der Waals surface area contributed by atoms with Crippen molar-refractivity contribution in [2.24, 2.45) is 0 Å². The molecule has 1 aliphatic heterocycles. The molecular weight excluding hydrogens is 362 g/mol. The molecule has 1 fully saturated rings. The number of nitriles is 1. The fourth-order valence-electron chi connectivity index (χ4n) is 4.65. The van der Waals surface area contributed by atoms with Crippen molar-refractivity contribution in [2.75, 3.05) is 6.61 Å². The van der Waals surface area contributed by atoms with E-state index >= 15 is 0 Å². The highest BCUT2D eigenvalue weighted by atomic mass is 16.3. The van der Waals surface area contributed by atoms with Gasteiger partial charge in [-0.3, -0.25) is 9.78 Å². The van der Waals surface area contributed by atoms with E-state index in [0.29, 0.717) is 0 Å². The summed E-state index contributed by atoms with van der Waals surface area (Å²) in [6.45, 7) is -0.154. The van der Waals surface area contributed by atoms with E-state index in [1.807, 2.05) is 18.2 Å². The van der Waals surface area contributed by atoms with Gasteiger partial charge in [0.25, 0.3) is 0 Å². The molecule has 0 radical (unpaired) electrons. The third-order valence-corrected chi connectivity index (χ3v) is 6.08. The first kappa shape index (κ1) is 19.4. The third-order valence-electron chi connectivity index (χ3n) is 6.08. The van der Waals surface area contributed by atoms with Gasteiger partial charge in [0.05, 0.1) is 25.1 Å². The van der Waals surface area contributed by atoms with Crippen LogP contribution < -0.4 is 0 Å². The quantitative estimate of drug-likeness (QED) is 0.852. The first-order valence-electron chi connectivity index (χ1n) is 10.2. The summed E-state index contributed by atoms with van der Waals surface area (Å²) in [6.07, 6.45) is 10.3. The summed E-state index contributed by atoms with van der Waals surface area (Å²) in [5.74, 6) is -0.308. The summed E-state index contributed by atoms with van der Waals surface area (Å²) in [4.78, 5) is 18.5. The number of aliphatic hydroxyl groups is 1. The number of pyridine rings is 1. The van der Waals surface area contributed by atoms with Gasteiger partial charge in [0.2, 0.25) is 5.91 Å². The zero-order valence-electron chi connectivity index (χ0n) is 16.4. The van der Waals surface area contributed by atoms with E-state index < -0.39 is 6.04 Å². The van der Waals surface area contributed by atoms with Crippen LogP contribution in [0.1, 0.15) is 48.3 Å². The zero-order chi connectivity index (χ0) is 20.2. The second-order valence-electron chi connectivity index (χ2n) is 7.75. The van der Waals surface area contributed by atoms with Crippen LogP contribution in [0, 0.1) is 11.3 Å². The number of aliphatic hydroxyl groups excluding tert-OH is 1. The van der Waals surface area contributed by atoms with Crippen LogP contribution in [0.5, 0.6) is 0 Å². The van der Waals surface area contributed by atoms with Crippen molar-refractivity contribution in [1.29, 1.82) is 5.26 Å². The minimum absolute atomic E-state index is 0.132. The van der Waals surface area contributed by atoms with Gasteiger partial charge in [0.15, 0.2) is 0 Å². The number of carbonyl (C=O) groups excluding carboxylic acids is 1. The highest BCUT2D eigenvalue weighted by Gasteiger charge is 2.52. The molecular formula is C24H25N3O2. The van der Waals surface area contributed by atoms with Crippen molar-refractivity contribution < 1.29 is 9.90 Å². The molecule has 2 aromatic rings.